The number of anilines is 1. The molecule has 17 heavy (non-hydrogen) atoms. The van der Waals surface area contributed by atoms with Crippen molar-refractivity contribution >= 4 is 5.69 Å². The third kappa shape index (κ3) is 2.63. The number of hydrogen-bond acceptors (Lipinski definition) is 2. The molecule has 0 aromatic heterocycles. The van der Waals surface area contributed by atoms with Crippen molar-refractivity contribution in [2.24, 2.45) is 5.92 Å². The topological polar surface area (TPSA) is 15.3 Å². The Kier molecular flexibility index (Phi) is 3.72. The number of nitrogens with one attached hydrogen (secondary N) is 1. The number of nitrogens with zero attached hydrogens (tertiary/aromatic N) is 1. The lowest BCUT2D eigenvalue weighted by molar-refractivity contribution is 0.338. The fraction of sp³-hybridized carbons (Fsp3) is 0.600. The van der Waals surface area contributed by atoms with Crippen LogP contribution in [-0.2, 0) is 0 Å². The second-order valence-corrected chi connectivity index (χ2v) is 5.40. The smallest absolute Gasteiger partial charge is 0.0398 e. The monoisotopic (exact) mass is 232 g/mol. The van der Waals surface area contributed by atoms with Crippen LogP contribution < -0.4 is 10.2 Å². The van der Waals surface area contributed by atoms with Crippen molar-refractivity contribution in [1.82, 2.24) is 5.32 Å². The molecule has 1 N–H and O–H groups in total. The second-order valence-electron chi connectivity index (χ2n) is 5.40. The zero-order valence-corrected chi connectivity index (χ0v) is 11.5. The first-order valence-electron chi connectivity index (χ1n) is 6.61. The number of hydrogen-bond donors (Lipinski definition) is 1. The van der Waals surface area contributed by atoms with Gasteiger partial charge in [-0.05, 0) is 50.4 Å². The van der Waals surface area contributed by atoms with E-state index in [0.717, 1.165) is 6.54 Å². The van der Waals surface area contributed by atoms with E-state index in [1.54, 1.807) is 0 Å². The molecule has 1 saturated heterocycles. The van der Waals surface area contributed by atoms with Gasteiger partial charge in [-0.25, -0.2) is 0 Å². The lowest BCUT2D eigenvalue weighted by Gasteiger charge is -2.39. The Morgan fingerprint density at radius 3 is 2.71 bits per heavy atom. The SMILES string of the molecule is CNC1CCN(c2cc(C)ccc2C)CC1C. The Morgan fingerprint density at radius 1 is 1.29 bits per heavy atom. The minimum atomic E-state index is 0.677. The summed E-state index contributed by atoms with van der Waals surface area (Å²) in [5, 5.41) is 3.43. The van der Waals surface area contributed by atoms with E-state index < -0.39 is 0 Å². The standard InChI is InChI=1S/C15H24N2/c1-11-5-6-12(2)15(9-11)17-8-7-14(16-4)13(3)10-17/h5-6,9,13-14,16H,7-8,10H2,1-4H3. The lowest BCUT2D eigenvalue weighted by atomic mass is 9.93. The van der Waals surface area contributed by atoms with Gasteiger partial charge in [-0.1, -0.05) is 19.1 Å². The molecule has 0 aliphatic carbocycles. The van der Waals surface area contributed by atoms with E-state index >= 15 is 0 Å². The van der Waals surface area contributed by atoms with E-state index in [4.69, 9.17) is 0 Å². The summed E-state index contributed by atoms with van der Waals surface area (Å²) in [5.74, 6) is 0.716. The first-order chi connectivity index (χ1) is 8.11. The highest BCUT2D eigenvalue weighted by Gasteiger charge is 2.25. The highest BCUT2D eigenvalue weighted by Crippen LogP contribution is 2.26. The van der Waals surface area contributed by atoms with E-state index in [1.807, 2.05) is 0 Å². The lowest BCUT2D eigenvalue weighted by Crippen LogP contribution is -2.47. The summed E-state index contributed by atoms with van der Waals surface area (Å²) in [6.45, 7) is 9.06. The van der Waals surface area contributed by atoms with Crippen LogP contribution in [0.2, 0.25) is 0 Å². The van der Waals surface area contributed by atoms with Crippen LogP contribution in [0.4, 0.5) is 5.69 Å². The Hall–Kier alpha value is -1.02. The largest absolute Gasteiger partial charge is 0.371 e. The molecule has 1 aromatic rings. The molecule has 2 atom stereocenters. The summed E-state index contributed by atoms with van der Waals surface area (Å²) >= 11 is 0. The zero-order valence-electron chi connectivity index (χ0n) is 11.5. The van der Waals surface area contributed by atoms with Gasteiger partial charge >= 0.3 is 0 Å². The van der Waals surface area contributed by atoms with Crippen LogP contribution in [0.15, 0.2) is 18.2 Å². The van der Waals surface area contributed by atoms with E-state index in [0.29, 0.717) is 12.0 Å². The van der Waals surface area contributed by atoms with Crippen LogP contribution in [0.25, 0.3) is 0 Å². The molecule has 2 heteroatoms. The van der Waals surface area contributed by atoms with Crippen LogP contribution in [0.3, 0.4) is 0 Å². The normalized spacial score (nSPS) is 25.1. The molecule has 0 bridgehead atoms. The fourth-order valence-electron chi connectivity index (χ4n) is 2.85. The van der Waals surface area contributed by atoms with E-state index in [-0.39, 0.29) is 0 Å². The maximum atomic E-state index is 3.43. The highest BCUT2D eigenvalue weighted by atomic mass is 15.2. The van der Waals surface area contributed by atoms with Gasteiger partial charge in [-0.3, -0.25) is 0 Å². The molecule has 1 fully saturated rings. The van der Waals surface area contributed by atoms with Gasteiger partial charge in [0.1, 0.15) is 0 Å². The third-order valence-corrected chi connectivity index (χ3v) is 3.98. The highest BCUT2D eigenvalue weighted by molar-refractivity contribution is 5.55. The molecule has 1 aromatic carbocycles. The van der Waals surface area contributed by atoms with Gasteiger partial charge in [-0.2, -0.15) is 0 Å². The molecular formula is C15H24N2. The average Bonchev–Trinajstić information content (AvgIpc) is 2.32. The Bertz CT molecular complexity index is 387. The van der Waals surface area contributed by atoms with Crippen molar-refractivity contribution in [3.63, 3.8) is 0 Å². The van der Waals surface area contributed by atoms with Crippen molar-refractivity contribution in [2.45, 2.75) is 33.2 Å². The number of aryl methyl sites for hydroxylation is 2. The third-order valence-electron chi connectivity index (χ3n) is 3.98. The van der Waals surface area contributed by atoms with Crippen molar-refractivity contribution < 1.29 is 0 Å². The molecule has 1 heterocycles. The summed E-state index contributed by atoms with van der Waals surface area (Å²) < 4.78 is 0. The fourth-order valence-corrected chi connectivity index (χ4v) is 2.85. The Morgan fingerprint density at radius 2 is 2.06 bits per heavy atom. The molecule has 1 aliphatic heterocycles. The van der Waals surface area contributed by atoms with Crippen molar-refractivity contribution in [3.8, 4) is 0 Å². The zero-order chi connectivity index (χ0) is 12.4. The van der Waals surface area contributed by atoms with Gasteiger partial charge in [0.15, 0.2) is 0 Å². The van der Waals surface area contributed by atoms with Crippen LogP contribution in [0.5, 0.6) is 0 Å². The van der Waals surface area contributed by atoms with Crippen molar-refractivity contribution in [3.05, 3.63) is 29.3 Å². The summed E-state index contributed by atoms with van der Waals surface area (Å²) in [6.07, 6.45) is 1.24. The van der Waals surface area contributed by atoms with Crippen LogP contribution in [0, 0.1) is 19.8 Å². The van der Waals surface area contributed by atoms with Crippen LogP contribution in [0.1, 0.15) is 24.5 Å². The maximum Gasteiger partial charge on any atom is 0.0398 e. The van der Waals surface area contributed by atoms with Crippen molar-refractivity contribution in [2.75, 3.05) is 25.0 Å². The van der Waals surface area contributed by atoms with Gasteiger partial charge in [0.05, 0.1) is 0 Å². The molecular weight excluding hydrogens is 208 g/mol. The molecule has 2 unspecified atom stereocenters. The number of benzene rings is 1. The van der Waals surface area contributed by atoms with Crippen molar-refractivity contribution in [1.29, 1.82) is 0 Å². The van der Waals surface area contributed by atoms with Gasteiger partial charge in [-0.15, -0.1) is 0 Å². The molecule has 0 amide bonds. The van der Waals surface area contributed by atoms with Gasteiger partial charge in [0.2, 0.25) is 0 Å². The molecule has 2 nitrogen and oxygen atoms in total. The molecule has 2 rings (SSSR count). The first kappa shape index (κ1) is 12.4. The van der Waals surface area contributed by atoms with Gasteiger partial charge in [0, 0.05) is 24.8 Å². The van der Waals surface area contributed by atoms with Gasteiger partial charge < -0.3 is 10.2 Å². The summed E-state index contributed by atoms with van der Waals surface area (Å²) in [5.41, 5.74) is 4.17. The summed E-state index contributed by atoms with van der Waals surface area (Å²) in [7, 11) is 2.08. The second kappa shape index (κ2) is 5.09. The minimum absolute atomic E-state index is 0.677. The number of piperidine rings is 1. The molecule has 0 saturated carbocycles. The number of rotatable bonds is 2. The molecule has 0 radical (unpaired) electrons. The van der Waals surface area contributed by atoms with Crippen LogP contribution >= 0.6 is 0 Å². The minimum Gasteiger partial charge on any atom is -0.371 e. The molecule has 94 valence electrons. The predicted octanol–water partition coefficient (Wildman–Crippen LogP) is 2.74. The first-order valence-corrected chi connectivity index (χ1v) is 6.61. The molecule has 1 aliphatic rings. The van der Waals surface area contributed by atoms with E-state index in [9.17, 15) is 0 Å². The van der Waals surface area contributed by atoms with E-state index in [1.165, 1.54) is 29.8 Å². The van der Waals surface area contributed by atoms with Crippen LogP contribution in [-0.4, -0.2) is 26.2 Å². The summed E-state index contributed by atoms with van der Waals surface area (Å²) in [6, 6.07) is 7.43. The maximum absolute atomic E-state index is 3.43. The predicted molar refractivity (Wildman–Crippen MR) is 74.8 cm³/mol. The average molecular weight is 232 g/mol. The summed E-state index contributed by atoms with van der Waals surface area (Å²) in [4.78, 5) is 2.54. The Labute approximate surface area is 105 Å². The van der Waals surface area contributed by atoms with Gasteiger partial charge in [0.25, 0.3) is 0 Å². The molecule has 0 spiro atoms. The van der Waals surface area contributed by atoms with E-state index in [2.05, 4.69) is 56.2 Å². The quantitative estimate of drug-likeness (QED) is 0.843. The Balaban J connectivity index is 2.16.